The highest BCUT2D eigenvalue weighted by atomic mass is 19.1. The van der Waals surface area contributed by atoms with Crippen molar-refractivity contribution >= 4 is 5.91 Å². The largest absolute Gasteiger partial charge is 0.350 e. The zero-order valence-corrected chi connectivity index (χ0v) is 17.2. The Bertz CT molecular complexity index is 657. The van der Waals surface area contributed by atoms with Crippen molar-refractivity contribution in [2.45, 2.75) is 63.8 Å². The lowest BCUT2D eigenvalue weighted by Gasteiger charge is -2.38. The van der Waals surface area contributed by atoms with Crippen LogP contribution in [0.15, 0.2) is 24.3 Å². The van der Waals surface area contributed by atoms with E-state index in [2.05, 4.69) is 9.80 Å². The predicted molar refractivity (Wildman–Crippen MR) is 109 cm³/mol. The Balaban J connectivity index is 1.40. The summed E-state index contributed by atoms with van der Waals surface area (Å²) in [6, 6.07) is 6.85. The second-order valence-electron chi connectivity index (χ2n) is 8.69. The standard InChI is InChI=1S/C23H33FN2O3/c24-20-10-8-18(9-11-20)15-26(21-6-2-1-3-7-21)22(27)17-25-12-4-5-19(16-25)23-28-13-14-29-23/h8-11,19,21,23H,1-7,12-17H2. The summed E-state index contributed by atoms with van der Waals surface area (Å²) in [5.74, 6) is 0.300. The molecule has 6 heteroatoms. The van der Waals surface area contributed by atoms with E-state index in [4.69, 9.17) is 9.47 Å². The van der Waals surface area contributed by atoms with E-state index in [1.807, 2.05) is 0 Å². The highest BCUT2D eigenvalue weighted by molar-refractivity contribution is 5.78. The Hall–Kier alpha value is -1.50. The van der Waals surface area contributed by atoms with Gasteiger partial charge in [-0.1, -0.05) is 31.4 Å². The molecule has 0 aromatic heterocycles. The Labute approximate surface area is 173 Å². The molecule has 0 radical (unpaired) electrons. The zero-order chi connectivity index (χ0) is 20.1. The Morgan fingerprint density at radius 1 is 1.03 bits per heavy atom. The second-order valence-corrected chi connectivity index (χ2v) is 8.69. The molecule has 160 valence electrons. The van der Waals surface area contributed by atoms with Crippen LogP contribution in [0, 0.1) is 11.7 Å². The van der Waals surface area contributed by atoms with Gasteiger partial charge in [0.1, 0.15) is 5.82 Å². The molecular formula is C23H33FN2O3. The molecule has 1 aromatic carbocycles. The molecule has 2 aliphatic heterocycles. The van der Waals surface area contributed by atoms with Gasteiger partial charge in [0.15, 0.2) is 6.29 Å². The average molecular weight is 405 g/mol. The van der Waals surface area contributed by atoms with E-state index in [1.165, 1.54) is 31.4 Å². The fourth-order valence-electron chi connectivity index (χ4n) is 4.99. The third kappa shape index (κ3) is 5.56. The fourth-order valence-corrected chi connectivity index (χ4v) is 4.99. The molecule has 1 unspecified atom stereocenters. The van der Waals surface area contributed by atoms with Gasteiger partial charge in [-0.15, -0.1) is 0 Å². The van der Waals surface area contributed by atoms with Crippen molar-refractivity contribution < 1.29 is 18.7 Å². The monoisotopic (exact) mass is 404 g/mol. The Kier molecular flexibility index (Phi) is 7.16. The highest BCUT2D eigenvalue weighted by Gasteiger charge is 2.33. The summed E-state index contributed by atoms with van der Waals surface area (Å²) in [4.78, 5) is 17.7. The summed E-state index contributed by atoms with van der Waals surface area (Å²) in [5.41, 5.74) is 0.995. The summed E-state index contributed by atoms with van der Waals surface area (Å²) in [6.45, 7) is 4.16. The Morgan fingerprint density at radius 2 is 1.76 bits per heavy atom. The number of hydrogen-bond acceptors (Lipinski definition) is 4. The number of amides is 1. The molecule has 2 saturated heterocycles. The van der Waals surface area contributed by atoms with E-state index in [0.29, 0.717) is 38.3 Å². The smallest absolute Gasteiger partial charge is 0.237 e. The maximum absolute atomic E-state index is 13.4. The third-order valence-corrected chi connectivity index (χ3v) is 6.54. The van der Waals surface area contributed by atoms with Crippen molar-refractivity contribution in [1.82, 2.24) is 9.80 Å². The number of ether oxygens (including phenoxy) is 2. The molecule has 0 N–H and O–H groups in total. The van der Waals surface area contributed by atoms with Crippen molar-refractivity contribution in [2.75, 3.05) is 32.8 Å². The minimum atomic E-state index is -0.236. The van der Waals surface area contributed by atoms with Gasteiger partial charge in [0.2, 0.25) is 5.91 Å². The maximum atomic E-state index is 13.4. The molecule has 1 aromatic rings. The maximum Gasteiger partial charge on any atom is 0.237 e. The molecular weight excluding hydrogens is 371 g/mol. The first-order valence-corrected chi connectivity index (χ1v) is 11.2. The van der Waals surface area contributed by atoms with Crippen molar-refractivity contribution in [3.05, 3.63) is 35.6 Å². The molecule has 4 rings (SSSR count). The summed E-state index contributed by atoms with van der Waals surface area (Å²) in [7, 11) is 0. The van der Waals surface area contributed by atoms with E-state index in [9.17, 15) is 9.18 Å². The molecule has 1 saturated carbocycles. The van der Waals surface area contributed by atoms with Gasteiger partial charge in [0.05, 0.1) is 19.8 Å². The summed E-state index contributed by atoms with van der Waals surface area (Å²) >= 11 is 0. The van der Waals surface area contributed by atoms with E-state index in [0.717, 1.165) is 44.3 Å². The number of carbonyl (C=O) groups is 1. The molecule has 3 aliphatic rings. The first-order valence-electron chi connectivity index (χ1n) is 11.2. The van der Waals surface area contributed by atoms with E-state index in [1.54, 1.807) is 12.1 Å². The van der Waals surface area contributed by atoms with Crippen LogP contribution in [0.3, 0.4) is 0 Å². The minimum absolute atomic E-state index is 0.110. The van der Waals surface area contributed by atoms with Crippen molar-refractivity contribution in [1.29, 1.82) is 0 Å². The van der Waals surface area contributed by atoms with Gasteiger partial charge in [-0.05, 0) is 49.9 Å². The third-order valence-electron chi connectivity index (χ3n) is 6.54. The molecule has 1 aliphatic carbocycles. The fraction of sp³-hybridized carbons (Fsp3) is 0.696. The van der Waals surface area contributed by atoms with Gasteiger partial charge < -0.3 is 14.4 Å². The van der Waals surface area contributed by atoms with E-state index >= 15 is 0 Å². The molecule has 2 heterocycles. The van der Waals surface area contributed by atoms with Gasteiger partial charge >= 0.3 is 0 Å². The van der Waals surface area contributed by atoms with Crippen LogP contribution >= 0.6 is 0 Å². The number of likely N-dealkylation sites (tertiary alicyclic amines) is 1. The molecule has 29 heavy (non-hydrogen) atoms. The van der Waals surface area contributed by atoms with Gasteiger partial charge in [-0.3, -0.25) is 9.69 Å². The number of piperidine rings is 1. The normalized spacial score (nSPS) is 24.7. The van der Waals surface area contributed by atoms with Crippen molar-refractivity contribution in [2.24, 2.45) is 5.92 Å². The van der Waals surface area contributed by atoms with Crippen molar-refractivity contribution in [3.8, 4) is 0 Å². The lowest BCUT2D eigenvalue weighted by molar-refractivity contribution is -0.138. The van der Waals surface area contributed by atoms with Gasteiger partial charge in [-0.25, -0.2) is 4.39 Å². The number of hydrogen-bond donors (Lipinski definition) is 0. The second kappa shape index (κ2) is 10.0. The first-order chi connectivity index (χ1) is 14.2. The molecule has 1 atom stereocenters. The molecule has 5 nitrogen and oxygen atoms in total. The number of rotatable bonds is 6. The van der Waals surface area contributed by atoms with Crippen LogP contribution < -0.4 is 0 Å². The number of nitrogens with zero attached hydrogens (tertiary/aromatic N) is 2. The summed E-state index contributed by atoms with van der Waals surface area (Å²) in [5, 5.41) is 0. The zero-order valence-electron chi connectivity index (χ0n) is 17.2. The molecule has 0 bridgehead atoms. The lowest BCUT2D eigenvalue weighted by Crippen LogP contribution is -2.49. The number of benzene rings is 1. The van der Waals surface area contributed by atoms with Crippen LogP contribution in [0.2, 0.25) is 0 Å². The Morgan fingerprint density at radius 3 is 2.48 bits per heavy atom. The SMILES string of the molecule is O=C(CN1CCCC(C2OCCO2)C1)N(Cc1ccc(F)cc1)C1CCCCC1. The number of halogens is 1. The molecule has 0 spiro atoms. The van der Waals surface area contributed by atoms with Gasteiger partial charge in [-0.2, -0.15) is 0 Å². The van der Waals surface area contributed by atoms with Crippen LogP contribution in [-0.4, -0.2) is 60.9 Å². The van der Waals surface area contributed by atoms with E-state index in [-0.39, 0.29) is 18.0 Å². The van der Waals surface area contributed by atoms with Crippen LogP contribution in [-0.2, 0) is 20.8 Å². The predicted octanol–water partition coefficient (Wildman–Crippen LogP) is 3.57. The summed E-state index contributed by atoms with van der Waals surface area (Å²) in [6.07, 6.45) is 7.81. The first kappa shape index (κ1) is 20.8. The number of carbonyl (C=O) groups excluding carboxylic acids is 1. The van der Waals surface area contributed by atoms with Crippen LogP contribution in [0.25, 0.3) is 0 Å². The average Bonchev–Trinajstić information content (AvgIpc) is 3.29. The van der Waals surface area contributed by atoms with Gasteiger partial charge in [0, 0.05) is 25.0 Å². The minimum Gasteiger partial charge on any atom is -0.350 e. The highest BCUT2D eigenvalue weighted by Crippen LogP contribution is 2.27. The van der Waals surface area contributed by atoms with Crippen LogP contribution in [0.5, 0.6) is 0 Å². The van der Waals surface area contributed by atoms with Gasteiger partial charge in [0.25, 0.3) is 0 Å². The topological polar surface area (TPSA) is 42.0 Å². The lowest BCUT2D eigenvalue weighted by atomic mass is 9.93. The molecule has 3 fully saturated rings. The van der Waals surface area contributed by atoms with Crippen LogP contribution in [0.1, 0.15) is 50.5 Å². The molecule has 1 amide bonds. The summed E-state index contributed by atoms with van der Waals surface area (Å²) < 4.78 is 24.7. The van der Waals surface area contributed by atoms with Crippen LogP contribution in [0.4, 0.5) is 4.39 Å². The van der Waals surface area contributed by atoms with Crippen molar-refractivity contribution in [3.63, 3.8) is 0 Å². The quantitative estimate of drug-likeness (QED) is 0.727. The van der Waals surface area contributed by atoms with E-state index < -0.39 is 0 Å².